The lowest BCUT2D eigenvalue weighted by Gasteiger charge is -2.07. The maximum Gasteiger partial charge on any atom is 0.251 e. The molecule has 0 bridgehead atoms. The zero-order valence-electron chi connectivity index (χ0n) is 12.3. The van der Waals surface area contributed by atoms with Crippen molar-refractivity contribution in [3.05, 3.63) is 34.9 Å². The van der Waals surface area contributed by atoms with Gasteiger partial charge in [0.05, 0.1) is 6.54 Å². The Bertz CT molecular complexity index is 571. The molecule has 0 saturated heterocycles. The summed E-state index contributed by atoms with van der Waals surface area (Å²) >= 11 is 0. The van der Waals surface area contributed by atoms with Crippen LogP contribution in [-0.4, -0.2) is 36.6 Å². The Morgan fingerprint density at radius 2 is 2.00 bits per heavy atom. The summed E-state index contributed by atoms with van der Waals surface area (Å²) in [5.41, 5.74) is 1.99. The first-order valence-electron chi connectivity index (χ1n) is 6.83. The molecule has 1 rings (SSSR count). The van der Waals surface area contributed by atoms with Gasteiger partial charge in [-0.15, -0.1) is 0 Å². The fourth-order valence-electron chi connectivity index (χ4n) is 1.72. The van der Waals surface area contributed by atoms with E-state index >= 15 is 0 Å². The lowest BCUT2D eigenvalue weighted by Crippen LogP contribution is -2.37. The molecule has 0 unspecified atom stereocenters. The van der Waals surface area contributed by atoms with Crippen molar-refractivity contribution in [1.29, 1.82) is 0 Å². The molecule has 0 spiro atoms. The molecule has 5 heteroatoms. The second kappa shape index (κ2) is 8.77. The molecule has 0 heterocycles. The standard InChI is InChI=1S/C16H20N2O3/c1-3-6-17-15(20)11-18-16(21)14-9-12(2)8-13(10-14)5-4-7-19/h8-10,19H,3,6-7,11H2,1-2H3,(H,17,20)(H,18,21). The third-order valence-electron chi connectivity index (χ3n) is 2.63. The molecule has 0 fully saturated rings. The average molecular weight is 288 g/mol. The Morgan fingerprint density at radius 1 is 1.24 bits per heavy atom. The van der Waals surface area contributed by atoms with Crippen molar-refractivity contribution in [2.45, 2.75) is 20.3 Å². The first-order chi connectivity index (χ1) is 10.1. The molecule has 21 heavy (non-hydrogen) atoms. The number of hydrogen-bond acceptors (Lipinski definition) is 3. The predicted molar refractivity (Wildman–Crippen MR) is 80.8 cm³/mol. The van der Waals surface area contributed by atoms with Crippen LogP contribution < -0.4 is 10.6 Å². The van der Waals surface area contributed by atoms with Gasteiger partial charge in [0, 0.05) is 17.7 Å². The number of aliphatic hydroxyl groups is 1. The maximum atomic E-state index is 12.0. The van der Waals surface area contributed by atoms with Gasteiger partial charge in [-0.3, -0.25) is 9.59 Å². The van der Waals surface area contributed by atoms with E-state index in [1.165, 1.54) is 0 Å². The number of benzene rings is 1. The summed E-state index contributed by atoms with van der Waals surface area (Å²) in [7, 11) is 0. The summed E-state index contributed by atoms with van der Waals surface area (Å²) in [4.78, 5) is 23.4. The molecular formula is C16H20N2O3. The van der Waals surface area contributed by atoms with Crippen LogP contribution in [0, 0.1) is 18.8 Å². The van der Waals surface area contributed by atoms with Gasteiger partial charge >= 0.3 is 0 Å². The highest BCUT2D eigenvalue weighted by Gasteiger charge is 2.09. The minimum Gasteiger partial charge on any atom is -0.384 e. The van der Waals surface area contributed by atoms with Crippen LogP contribution in [0.25, 0.3) is 0 Å². The minimum absolute atomic E-state index is 0.0512. The quantitative estimate of drug-likeness (QED) is 0.694. The van der Waals surface area contributed by atoms with Gasteiger partial charge in [0.1, 0.15) is 6.61 Å². The maximum absolute atomic E-state index is 12.0. The van der Waals surface area contributed by atoms with Crippen LogP contribution in [0.2, 0.25) is 0 Å². The van der Waals surface area contributed by atoms with Crippen LogP contribution in [0.15, 0.2) is 18.2 Å². The van der Waals surface area contributed by atoms with Crippen LogP contribution in [0.5, 0.6) is 0 Å². The lowest BCUT2D eigenvalue weighted by molar-refractivity contribution is -0.120. The van der Waals surface area contributed by atoms with Crippen molar-refractivity contribution in [3.8, 4) is 11.8 Å². The summed E-state index contributed by atoms with van der Waals surface area (Å²) in [6.45, 7) is 4.13. The van der Waals surface area contributed by atoms with Crippen molar-refractivity contribution >= 4 is 11.8 Å². The first kappa shape index (κ1) is 16.7. The molecule has 1 aromatic rings. The Morgan fingerprint density at radius 3 is 2.67 bits per heavy atom. The molecule has 0 aliphatic rings. The average Bonchev–Trinajstić information content (AvgIpc) is 2.47. The Balaban J connectivity index is 2.69. The van der Waals surface area contributed by atoms with Gasteiger partial charge in [-0.25, -0.2) is 0 Å². The van der Waals surface area contributed by atoms with E-state index in [0.29, 0.717) is 17.7 Å². The molecule has 2 amide bonds. The molecule has 5 nitrogen and oxygen atoms in total. The van der Waals surface area contributed by atoms with Crippen molar-refractivity contribution in [2.24, 2.45) is 0 Å². The highest BCUT2D eigenvalue weighted by atomic mass is 16.2. The van der Waals surface area contributed by atoms with Crippen molar-refractivity contribution in [3.63, 3.8) is 0 Å². The van der Waals surface area contributed by atoms with E-state index in [1.807, 2.05) is 19.9 Å². The number of hydrogen-bond donors (Lipinski definition) is 3. The van der Waals surface area contributed by atoms with Crippen LogP contribution in [0.3, 0.4) is 0 Å². The summed E-state index contributed by atoms with van der Waals surface area (Å²) in [5.74, 6) is 4.77. The molecular weight excluding hydrogens is 268 g/mol. The van der Waals surface area contributed by atoms with Gasteiger partial charge in [-0.05, 0) is 37.1 Å². The van der Waals surface area contributed by atoms with Gasteiger partial charge in [0.2, 0.25) is 5.91 Å². The number of rotatable bonds is 5. The van der Waals surface area contributed by atoms with Crippen molar-refractivity contribution in [1.82, 2.24) is 10.6 Å². The third-order valence-corrected chi connectivity index (χ3v) is 2.63. The Hall–Kier alpha value is -2.32. The van der Waals surface area contributed by atoms with Crippen LogP contribution in [0.1, 0.15) is 34.8 Å². The smallest absolute Gasteiger partial charge is 0.251 e. The van der Waals surface area contributed by atoms with Gasteiger partial charge in [-0.2, -0.15) is 0 Å². The van der Waals surface area contributed by atoms with E-state index in [1.54, 1.807) is 12.1 Å². The predicted octanol–water partition coefficient (Wildman–Crippen LogP) is 0.595. The number of carbonyl (C=O) groups excluding carboxylic acids is 2. The number of amides is 2. The Labute approximate surface area is 124 Å². The van der Waals surface area contributed by atoms with Crippen molar-refractivity contribution < 1.29 is 14.7 Å². The molecule has 0 aliphatic heterocycles. The summed E-state index contributed by atoms with van der Waals surface area (Å²) in [6, 6.07) is 5.19. The van der Waals surface area contributed by atoms with Gasteiger partial charge in [0.25, 0.3) is 5.91 Å². The normalized spacial score (nSPS) is 9.48. The summed E-state index contributed by atoms with van der Waals surface area (Å²) in [5, 5.41) is 13.9. The van der Waals surface area contributed by atoms with Gasteiger partial charge in [-0.1, -0.05) is 18.8 Å². The number of carbonyl (C=O) groups is 2. The molecule has 0 radical (unpaired) electrons. The summed E-state index contributed by atoms with van der Waals surface area (Å²) < 4.78 is 0. The topological polar surface area (TPSA) is 78.4 Å². The number of aryl methyl sites for hydroxylation is 1. The molecule has 0 saturated carbocycles. The molecule has 0 aliphatic carbocycles. The van der Waals surface area contributed by atoms with E-state index < -0.39 is 0 Å². The van der Waals surface area contributed by atoms with Gasteiger partial charge in [0.15, 0.2) is 0 Å². The fourth-order valence-corrected chi connectivity index (χ4v) is 1.72. The van der Waals surface area contributed by atoms with Crippen molar-refractivity contribution in [2.75, 3.05) is 19.7 Å². The monoisotopic (exact) mass is 288 g/mol. The molecule has 0 atom stereocenters. The zero-order valence-corrected chi connectivity index (χ0v) is 12.3. The largest absolute Gasteiger partial charge is 0.384 e. The van der Waals surface area contributed by atoms with E-state index in [4.69, 9.17) is 5.11 Å². The molecule has 1 aromatic carbocycles. The van der Waals surface area contributed by atoms with Crippen LogP contribution >= 0.6 is 0 Å². The molecule has 3 N–H and O–H groups in total. The highest BCUT2D eigenvalue weighted by Crippen LogP contribution is 2.09. The van der Waals surface area contributed by atoms with E-state index in [2.05, 4.69) is 22.5 Å². The SMILES string of the molecule is CCCNC(=O)CNC(=O)c1cc(C)cc(C#CCO)c1. The zero-order chi connectivity index (χ0) is 15.7. The van der Waals surface area contributed by atoms with E-state index in [9.17, 15) is 9.59 Å². The second-order valence-corrected chi connectivity index (χ2v) is 4.58. The lowest BCUT2D eigenvalue weighted by atomic mass is 10.1. The van der Waals surface area contributed by atoms with E-state index in [-0.39, 0.29) is 25.0 Å². The first-order valence-corrected chi connectivity index (χ1v) is 6.83. The molecule has 112 valence electrons. The number of nitrogens with one attached hydrogen (secondary N) is 2. The molecule has 0 aromatic heterocycles. The highest BCUT2D eigenvalue weighted by molar-refractivity contribution is 5.96. The fraction of sp³-hybridized carbons (Fsp3) is 0.375. The van der Waals surface area contributed by atoms with Crippen LogP contribution in [0.4, 0.5) is 0 Å². The minimum atomic E-state index is -0.322. The second-order valence-electron chi connectivity index (χ2n) is 4.58. The van der Waals surface area contributed by atoms with E-state index in [0.717, 1.165) is 12.0 Å². The Kier molecular flexibility index (Phi) is 6.99. The van der Waals surface area contributed by atoms with Crippen LogP contribution in [-0.2, 0) is 4.79 Å². The summed E-state index contributed by atoms with van der Waals surface area (Å²) in [6.07, 6.45) is 0.852. The number of aliphatic hydroxyl groups excluding tert-OH is 1. The third kappa shape index (κ3) is 6.11. The van der Waals surface area contributed by atoms with Gasteiger partial charge < -0.3 is 15.7 Å².